The summed E-state index contributed by atoms with van der Waals surface area (Å²) in [4.78, 5) is 20.1. The second kappa shape index (κ2) is 7.78. The number of halogens is 1. The Balaban J connectivity index is 1.62. The number of nitrogens with zero attached hydrogens (tertiary/aromatic N) is 2. The Kier molecular flexibility index (Phi) is 5.45. The molecule has 2 aliphatic heterocycles. The first-order chi connectivity index (χ1) is 14.2. The van der Waals surface area contributed by atoms with Crippen LogP contribution in [0.2, 0.25) is 5.02 Å². The molecule has 6 heteroatoms. The fourth-order valence-electron chi connectivity index (χ4n) is 4.14. The van der Waals surface area contributed by atoms with E-state index in [0.29, 0.717) is 21.0 Å². The Labute approximate surface area is 187 Å². The molecule has 1 fully saturated rings. The number of anilines is 1. The molecule has 0 spiro atoms. The van der Waals surface area contributed by atoms with Crippen molar-refractivity contribution in [2.75, 3.05) is 11.9 Å². The number of hydrogen-bond acceptors (Lipinski definition) is 4. The van der Waals surface area contributed by atoms with E-state index in [1.807, 2.05) is 31.2 Å². The highest BCUT2D eigenvalue weighted by molar-refractivity contribution is 8.18. The van der Waals surface area contributed by atoms with Crippen molar-refractivity contribution in [1.29, 1.82) is 0 Å². The van der Waals surface area contributed by atoms with Gasteiger partial charge in [0, 0.05) is 23.3 Å². The zero-order chi connectivity index (χ0) is 21.6. The Morgan fingerprint density at radius 2 is 2.07 bits per heavy atom. The molecule has 2 aliphatic rings. The third kappa shape index (κ3) is 3.88. The summed E-state index contributed by atoms with van der Waals surface area (Å²) < 4.78 is 0. The van der Waals surface area contributed by atoms with Crippen LogP contribution in [0.25, 0.3) is 6.08 Å². The van der Waals surface area contributed by atoms with E-state index < -0.39 is 0 Å². The lowest BCUT2D eigenvalue weighted by atomic mass is 9.80. The van der Waals surface area contributed by atoms with Gasteiger partial charge in [-0.25, -0.2) is 4.99 Å². The summed E-state index contributed by atoms with van der Waals surface area (Å²) in [5.41, 5.74) is 5.43. The largest absolute Gasteiger partial charge is 0.369 e. The maximum atomic E-state index is 12.5. The first kappa shape index (κ1) is 21.0. The molecular weight excluding hydrogens is 414 g/mol. The van der Waals surface area contributed by atoms with Crippen molar-refractivity contribution < 1.29 is 4.79 Å². The zero-order valence-electron chi connectivity index (χ0n) is 17.9. The molecule has 0 aromatic heterocycles. The average Bonchev–Trinajstić information content (AvgIpc) is 3.02. The van der Waals surface area contributed by atoms with Gasteiger partial charge in [0.15, 0.2) is 5.17 Å². The molecule has 1 unspecified atom stereocenters. The van der Waals surface area contributed by atoms with Gasteiger partial charge in [-0.2, -0.15) is 0 Å². The van der Waals surface area contributed by atoms with E-state index in [1.165, 1.54) is 23.0 Å². The molecule has 4 rings (SSSR count). The molecule has 0 saturated carbocycles. The summed E-state index contributed by atoms with van der Waals surface area (Å²) in [6.45, 7) is 8.76. The number of carbonyl (C=O) groups excluding carboxylic acids is 1. The number of benzene rings is 2. The molecule has 156 valence electrons. The summed E-state index contributed by atoms with van der Waals surface area (Å²) in [5.74, 6) is 0.347. The van der Waals surface area contributed by atoms with Gasteiger partial charge in [-0.3, -0.25) is 4.79 Å². The number of hydrogen-bond donors (Lipinski definition) is 1. The van der Waals surface area contributed by atoms with Crippen molar-refractivity contribution in [3.05, 3.63) is 63.0 Å². The number of carbonyl (C=O) groups is 1. The van der Waals surface area contributed by atoms with Crippen molar-refractivity contribution in [2.45, 2.75) is 45.6 Å². The number of fused-ring (bicyclic) bond motifs is 1. The number of thioether (sulfide) groups is 1. The predicted octanol–water partition coefficient (Wildman–Crippen LogP) is 6.26. The lowest BCUT2D eigenvalue weighted by Gasteiger charge is -2.45. The van der Waals surface area contributed by atoms with E-state index in [0.717, 1.165) is 23.2 Å². The van der Waals surface area contributed by atoms with E-state index in [2.05, 4.69) is 61.2 Å². The molecule has 2 heterocycles. The number of nitrogens with one attached hydrogen (secondary N) is 1. The van der Waals surface area contributed by atoms with Crippen molar-refractivity contribution >= 4 is 51.9 Å². The summed E-state index contributed by atoms with van der Waals surface area (Å²) in [7, 11) is 2.16. The van der Waals surface area contributed by atoms with Crippen LogP contribution in [0.15, 0.2) is 46.3 Å². The van der Waals surface area contributed by atoms with Gasteiger partial charge in [0.05, 0.1) is 10.6 Å². The Morgan fingerprint density at radius 3 is 2.83 bits per heavy atom. The molecule has 0 bridgehead atoms. The maximum Gasteiger partial charge on any atom is 0.264 e. The molecule has 1 saturated heterocycles. The number of aliphatic imine (C=N–C) groups is 1. The minimum atomic E-state index is -0.123. The van der Waals surface area contributed by atoms with Crippen LogP contribution in [-0.2, 0) is 4.79 Å². The minimum Gasteiger partial charge on any atom is -0.369 e. The summed E-state index contributed by atoms with van der Waals surface area (Å²) >= 11 is 7.54. The van der Waals surface area contributed by atoms with Gasteiger partial charge in [-0.15, -0.1) is 0 Å². The molecule has 2 aromatic carbocycles. The number of amides is 1. The maximum absolute atomic E-state index is 12.5. The lowest BCUT2D eigenvalue weighted by Crippen LogP contribution is -2.45. The highest BCUT2D eigenvalue weighted by Crippen LogP contribution is 2.43. The second-order valence-electron chi connectivity index (χ2n) is 8.66. The number of rotatable bonds is 2. The first-order valence-electron chi connectivity index (χ1n) is 10.1. The Morgan fingerprint density at radius 1 is 1.30 bits per heavy atom. The minimum absolute atomic E-state index is 0.123. The van der Waals surface area contributed by atoms with Crippen LogP contribution >= 0.6 is 23.4 Å². The fraction of sp³-hybridized carbons (Fsp3) is 0.333. The van der Waals surface area contributed by atoms with E-state index in [-0.39, 0.29) is 11.4 Å². The number of amidine groups is 1. The zero-order valence-corrected chi connectivity index (χ0v) is 19.5. The van der Waals surface area contributed by atoms with Gasteiger partial charge in [0.2, 0.25) is 0 Å². The molecule has 0 radical (unpaired) electrons. The van der Waals surface area contributed by atoms with Crippen LogP contribution < -0.4 is 10.2 Å². The summed E-state index contributed by atoms with van der Waals surface area (Å²) in [6.07, 6.45) is 3.04. The molecule has 4 nitrogen and oxygen atoms in total. The Bertz CT molecular complexity index is 1090. The van der Waals surface area contributed by atoms with Gasteiger partial charge in [0.1, 0.15) is 0 Å². The third-order valence-corrected chi connectivity index (χ3v) is 7.39. The van der Waals surface area contributed by atoms with Crippen molar-refractivity contribution in [3.63, 3.8) is 0 Å². The quantitative estimate of drug-likeness (QED) is 0.561. The van der Waals surface area contributed by atoms with Crippen LogP contribution in [0.1, 0.15) is 49.8 Å². The van der Waals surface area contributed by atoms with Crippen LogP contribution in [-0.4, -0.2) is 23.7 Å². The fourth-order valence-corrected chi connectivity index (χ4v) is 5.15. The molecule has 1 amide bonds. The standard InChI is InChI=1S/C24H26ClN3OS/c1-14-13-24(3,4)28(5)20-10-9-16(11-17(14)20)12-21-22(29)27-23(30-21)26-19-8-6-7-18(25)15(19)2/h6-12,14H,13H2,1-5H3,(H,26,27,29)/b21-12-. The van der Waals surface area contributed by atoms with Crippen molar-refractivity contribution in [3.8, 4) is 0 Å². The van der Waals surface area contributed by atoms with Gasteiger partial charge < -0.3 is 10.2 Å². The molecule has 1 atom stereocenters. The summed E-state index contributed by atoms with van der Waals surface area (Å²) in [6, 6.07) is 12.1. The van der Waals surface area contributed by atoms with Gasteiger partial charge in [-0.05, 0) is 91.9 Å². The van der Waals surface area contributed by atoms with Crippen LogP contribution in [0.3, 0.4) is 0 Å². The van der Waals surface area contributed by atoms with Gasteiger partial charge in [-0.1, -0.05) is 30.7 Å². The molecule has 30 heavy (non-hydrogen) atoms. The van der Waals surface area contributed by atoms with E-state index in [1.54, 1.807) is 0 Å². The molecule has 0 aliphatic carbocycles. The monoisotopic (exact) mass is 439 g/mol. The highest BCUT2D eigenvalue weighted by atomic mass is 35.5. The first-order valence-corrected chi connectivity index (χ1v) is 11.3. The van der Waals surface area contributed by atoms with Crippen LogP contribution in [0.5, 0.6) is 0 Å². The van der Waals surface area contributed by atoms with Crippen molar-refractivity contribution in [2.24, 2.45) is 4.99 Å². The van der Waals surface area contributed by atoms with Crippen molar-refractivity contribution in [1.82, 2.24) is 5.32 Å². The average molecular weight is 440 g/mol. The highest BCUT2D eigenvalue weighted by Gasteiger charge is 2.34. The van der Waals surface area contributed by atoms with Crippen LogP contribution in [0, 0.1) is 6.92 Å². The van der Waals surface area contributed by atoms with E-state index in [9.17, 15) is 4.79 Å². The topological polar surface area (TPSA) is 44.7 Å². The van der Waals surface area contributed by atoms with Crippen LogP contribution in [0.4, 0.5) is 11.4 Å². The lowest BCUT2D eigenvalue weighted by molar-refractivity contribution is -0.115. The van der Waals surface area contributed by atoms with E-state index in [4.69, 9.17) is 11.6 Å². The van der Waals surface area contributed by atoms with Gasteiger partial charge in [0.25, 0.3) is 5.91 Å². The SMILES string of the molecule is Cc1c(Cl)cccc1N=C1NC(=O)/C(=C/c2ccc3c(c2)C(C)CC(C)(C)N3C)S1. The second-order valence-corrected chi connectivity index (χ2v) is 10.1. The predicted molar refractivity (Wildman–Crippen MR) is 129 cm³/mol. The van der Waals surface area contributed by atoms with E-state index >= 15 is 0 Å². The Hall–Kier alpha value is -2.24. The smallest absolute Gasteiger partial charge is 0.264 e. The normalized spacial score (nSPS) is 23.1. The van der Waals surface area contributed by atoms with Gasteiger partial charge >= 0.3 is 0 Å². The summed E-state index contributed by atoms with van der Waals surface area (Å²) in [5, 5.41) is 4.10. The molecule has 1 N–H and O–H groups in total. The molecular formula is C24H26ClN3OS. The third-order valence-electron chi connectivity index (χ3n) is 6.07. The molecule has 2 aromatic rings.